The first-order valence-corrected chi connectivity index (χ1v) is 8.33. The van der Waals surface area contributed by atoms with Gasteiger partial charge in [0, 0.05) is 27.1 Å². The lowest BCUT2D eigenvalue weighted by Gasteiger charge is -2.23. The molecule has 1 fully saturated rings. The van der Waals surface area contributed by atoms with Crippen LogP contribution in [-0.4, -0.2) is 23.4 Å². The van der Waals surface area contributed by atoms with Crippen molar-refractivity contribution < 1.29 is 4.79 Å². The van der Waals surface area contributed by atoms with Crippen molar-refractivity contribution in [3.8, 4) is 0 Å². The van der Waals surface area contributed by atoms with Gasteiger partial charge in [0.25, 0.3) is 5.91 Å². The zero-order valence-electron chi connectivity index (χ0n) is 11.3. The van der Waals surface area contributed by atoms with Crippen molar-refractivity contribution in [3.05, 3.63) is 32.7 Å². The van der Waals surface area contributed by atoms with Crippen LogP contribution < -0.4 is 0 Å². The molecule has 0 unspecified atom stereocenters. The van der Waals surface area contributed by atoms with Crippen molar-refractivity contribution >= 4 is 37.8 Å². The van der Waals surface area contributed by atoms with E-state index in [1.54, 1.807) is 0 Å². The summed E-state index contributed by atoms with van der Waals surface area (Å²) in [5.41, 5.74) is 0.761. The smallest absolute Gasteiger partial charge is 0.254 e. The van der Waals surface area contributed by atoms with Crippen LogP contribution in [0.15, 0.2) is 27.1 Å². The zero-order chi connectivity index (χ0) is 14.0. The number of hydrogen-bond donors (Lipinski definition) is 0. The lowest BCUT2D eigenvalue weighted by atomic mass is 10.1. The Morgan fingerprint density at radius 3 is 2.32 bits per heavy atom. The highest BCUT2D eigenvalue weighted by Gasteiger charge is 2.32. The number of benzene rings is 1. The van der Waals surface area contributed by atoms with Crippen LogP contribution in [0.3, 0.4) is 0 Å². The SMILES string of the molecule is CC(C)CCN(C(=O)c1cc(Br)cc(Br)c1)C1CC1. The highest BCUT2D eigenvalue weighted by molar-refractivity contribution is 9.11. The van der Waals surface area contributed by atoms with E-state index in [-0.39, 0.29) is 5.91 Å². The number of carbonyl (C=O) groups is 1. The fourth-order valence-electron chi connectivity index (χ4n) is 2.08. The molecule has 1 aromatic carbocycles. The van der Waals surface area contributed by atoms with Crippen LogP contribution in [-0.2, 0) is 0 Å². The van der Waals surface area contributed by atoms with E-state index in [1.165, 1.54) is 0 Å². The van der Waals surface area contributed by atoms with Gasteiger partial charge in [-0.15, -0.1) is 0 Å². The molecule has 1 aromatic rings. The highest BCUT2D eigenvalue weighted by atomic mass is 79.9. The maximum atomic E-state index is 12.6. The monoisotopic (exact) mass is 387 g/mol. The molecule has 0 spiro atoms. The molecule has 2 rings (SSSR count). The lowest BCUT2D eigenvalue weighted by Crippen LogP contribution is -2.34. The standard InChI is InChI=1S/C15H19Br2NO/c1-10(2)5-6-18(14-3-4-14)15(19)11-7-12(16)9-13(17)8-11/h7-10,14H,3-6H2,1-2H3. The average molecular weight is 389 g/mol. The second kappa shape index (κ2) is 6.40. The van der Waals surface area contributed by atoms with Crippen LogP contribution in [0.1, 0.15) is 43.5 Å². The molecule has 104 valence electrons. The van der Waals surface area contributed by atoms with Crippen molar-refractivity contribution in [2.24, 2.45) is 5.92 Å². The predicted octanol–water partition coefficient (Wildman–Crippen LogP) is 4.86. The van der Waals surface area contributed by atoms with Gasteiger partial charge in [-0.1, -0.05) is 45.7 Å². The zero-order valence-corrected chi connectivity index (χ0v) is 14.5. The quantitative estimate of drug-likeness (QED) is 0.705. The summed E-state index contributed by atoms with van der Waals surface area (Å²) >= 11 is 6.89. The van der Waals surface area contributed by atoms with E-state index in [9.17, 15) is 4.79 Å². The lowest BCUT2D eigenvalue weighted by molar-refractivity contribution is 0.0735. The second-order valence-corrected chi connectivity index (χ2v) is 7.40. The van der Waals surface area contributed by atoms with Gasteiger partial charge >= 0.3 is 0 Å². The third kappa shape index (κ3) is 4.32. The van der Waals surface area contributed by atoms with Gasteiger partial charge in [0.15, 0.2) is 0 Å². The fourth-order valence-corrected chi connectivity index (χ4v) is 3.37. The molecule has 1 amide bonds. The number of rotatable bonds is 5. The van der Waals surface area contributed by atoms with Crippen molar-refractivity contribution in [1.82, 2.24) is 4.90 Å². The van der Waals surface area contributed by atoms with E-state index >= 15 is 0 Å². The molecule has 1 aliphatic rings. The minimum Gasteiger partial charge on any atom is -0.336 e. The minimum absolute atomic E-state index is 0.158. The van der Waals surface area contributed by atoms with Gasteiger partial charge in [0.05, 0.1) is 0 Å². The molecule has 0 aromatic heterocycles. The molecule has 0 atom stereocenters. The fraction of sp³-hybridized carbons (Fsp3) is 0.533. The average Bonchev–Trinajstić information content (AvgIpc) is 3.11. The first-order chi connectivity index (χ1) is 8.97. The first kappa shape index (κ1) is 15.0. The molecular weight excluding hydrogens is 370 g/mol. The van der Waals surface area contributed by atoms with Crippen molar-refractivity contribution in [2.75, 3.05) is 6.54 Å². The maximum absolute atomic E-state index is 12.6. The molecule has 2 nitrogen and oxygen atoms in total. The van der Waals surface area contributed by atoms with E-state index in [1.807, 2.05) is 23.1 Å². The summed E-state index contributed by atoms with van der Waals surface area (Å²) in [6.45, 7) is 5.27. The van der Waals surface area contributed by atoms with Gasteiger partial charge in [-0.3, -0.25) is 4.79 Å². The number of carbonyl (C=O) groups excluding carboxylic acids is 1. The van der Waals surface area contributed by atoms with Crippen molar-refractivity contribution in [3.63, 3.8) is 0 Å². The molecule has 1 aliphatic carbocycles. The highest BCUT2D eigenvalue weighted by Crippen LogP contribution is 2.30. The third-order valence-corrected chi connectivity index (χ3v) is 4.22. The Hall–Kier alpha value is -0.350. The molecule has 0 bridgehead atoms. The summed E-state index contributed by atoms with van der Waals surface area (Å²) in [5, 5.41) is 0. The van der Waals surface area contributed by atoms with E-state index < -0.39 is 0 Å². The Morgan fingerprint density at radius 2 is 1.84 bits per heavy atom. The normalized spacial score (nSPS) is 14.8. The predicted molar refractivity (Wildman–Crippen MR) is 85.4 cm³/mol. The Bertz CT molecular complexity index is 449. The molecule has 0 radical (unpaired) electrons. The summed E-state index contributed by atoms with van der Waals surface area (Å²) in [7, 11) is 0. The van der Waals surface area contributed by atoms with E-state index in [0.29, 0.717) is 12.0 Å². The summed E-state index contributed by atoms with van der Waals surface area (Å²) in [4.78, 5) is 14.7. The van der Waals surface area contributed by atoms with E-state index in [0.717, 1.165) is 40.3 Å². The molecule has 1 saturated carbocycles. The van der Waals surface area contributed by atoms with Crippen LogP contribution in [0, 0.1) is 5.92 Å². The van der Waals surface area contributed by atoms with Gasteiger partial charge < -0.3 is 4.90 Å². The topological polar surface area (TPSA) is 20.3 Å². The summed E-state index contributed by atoms with van der Waals surface area (Å²) in [6.07, 6.45) is 3.37. The molecule has 4 heteroatoms. The summed E-state index contributed by atoms with van der Waals surface area (Å²) in [5.74, 6) is 0.786. The van der Waals surface area contributed by atoms with Gasteiger partial charge in [-0.05, 0) is 43.4 Å². The Morgan fingerprint density at radius 1 is 1.26 bits per heavy atom. The Labute approximate surface area is 131 Å². The summed E-state index contributed by atoms with van der Waals surface area (Å²) in [6, 6.07) is 6.21. The van der Waals surface area contributed by atoms with Crippen LogP contribution >= 0.6 is 31.9 Å². The molecule has 0 N–H and O–H groups in total. The third-order valence-electron chi connectivity index (χ3n) is 3.31. The largest absolute Gasteiger partial charge is 0.336 e. The number of amides is 1. The number of nitrogens with zero attached hydrogens (tertiary/aromatic N) is 1. The second-order valence-electron chi connectivity index (χ2n) is 5.57. The van der Waals surface area contributed by atoms with Gasteiger partial charge in [0.1, 0.15) is 0 Å². The van der Waals surface area contributed by atoms with Crippen LogP contribution in [0.4, 0.5) is 0 Å². The maximum Gasteiger partial charge on any atom is 0.254 e. The molecule has 0 saturated heterocycles. The molecule has 0 aliphatic heterocycles. The van der Waals surface area contributed by atoms with E-state index in [4.69, 9.17) is 0 Å². The van der Waals surface area contributed by atoms with Crippen molar-refractivity contribution in [1.29, 1.82) is 0 Å². The summed E-state index contributed by atoms with van der Waals surface area (Å²) < 4.78 is 1.87. The molecule has 19 heavy (non-hydrogen) atoms. The van der Waals surface area contributed by atoms with Crippen molar-refractivity contribution in [2.45, 2.75) is 39.2 Å². The Kier molecular flexibility index (Phi) is 5.07. The molecular formula is C15H19Br2NO. The first-order valence-electron chi connectivity index (χ1n) is 6.74. The van der Waals surface area contributed by atoms with Gasteiger partial charge in [-0.25, -0.2) is 0 Å². The van der Waals surface area contributed by atoms with Gasteiger partial charge in [0.2, 0.25) is 0 Å². The van der Waals surface area contributed by atoms with Crippen LogP contribution in [0.5, 0.6) is 0 Å². The number of hydrogen-bond acceptors (Lipinski definition) is 1. The number of halogens is 2. The van der Waals surface area contributed by atoms with Gasteiger partial charge in [-0.2, -0.15) is 0 Å². The minimum atomic E-state index is 0.158. The molecule has 0 heterocycles. The van der Waals surface area contributed by atoms with Crippen LogP contribution in [0.2, 0.25) is 0 Å². The van der Waals surface area contributed by atoms with Crippen LogP contribution in [0.25, 0.3) is 0 Å². The van der Waals surface area contributed by atoms with E-state index in [2.05, 4.69) is 45.7 Å². The Balaban J connectivity index is 2.14.